The van der Waals surface area contributed by atoms with Crippen LogP contribution in [0.3, 0.4) is 0 Å². The topological polar surface area (TPSA) is 49.9 Å². The van der Waals surface area contributed by atoms with Crippen LogP contribution in [0.2, 0.25) is 0 Å². The second kappa shape index (κ2) is 8.19. The average molecular weight is 413 g/mol. The molecule has 0 bridgehead atoms. The van der Waals surface area contributed by atoms with Gasteiger partial charge in [-0.3, -0.25) is 9.59 Å². The molecule has 0 radical (unpaired) electrons. The summed E-state index contributed by atoms with van der Waals surface area (Å²) < 4.78 is 6.18. The summed E-state index contributed by atoms with van der Waals surface area (Å²) in [7, 11) is 0. The van der Waals surface area contributed by atoms with Crippen LogP contribution in [0.1, 0.15) is 47.4 Å². The summed E-state index contributed by atoms with van der Waals surface area (Å²) in [6, 6.07) is 8.38. The monoisotopic (exact) mass is 412 g/mol. The minimum atomic E-state index is -0.119. The van der Waals surface area contributed by atoms with Gasteiger partial charge in [-0.2, -0.15) is 0 Å². The Morgan fingerprint density at radius 2 is 2.03 bits per heavy atom. The summed E-state index contributed by atoms with van der Waals surface area (Å²) in [5.74, 6) is 0.851. The number of ether oxygens (including phenoxy) is 1. The molecule has 1 atom stereocenters. The van der Waals surface area contributed by atoms with Crippen LogP contribution in [0, 0.1) is 13.8 Å². The Labute approximate surface area is 176 Å². The van der Waals surface area contributed by atoms with Crippen molar-refractivity contribution >= 4 is 23.2 Å². The number of fused-ring (bicyclic) bond motifs is 1. The first kappa shape index (κ1) is 20.0. The van der Waals surface area contributed by atoms with Gasteiger partial charge >= 0.3 is 0 Å². The Bertz CT molecular complexity index is 919. The average Bonchev–Trinajstić information content (AvgIpc) is 3.40. The molecule has 0 saturated heterocycles. The fourth-order valence-electron chi connectivity index (χ4n) is 4.12. The molecule has 2 aromatic rings. The highest BCUT2D eigenvalue weighted by atomic mass is 32.1. The number of amides is 2. The summed E-state index contributed by atoms with van der Waals surface area (Å²) in [6.07, 6.45) is 2.86. The van der Waals surface area contributed by atoms with Crippen molar-refractivity contribution in [3.05, 3.63) is 51.2 Å². The lowest BCUT2D eigenvalue weighted by Crippen LogP contribution is -2.48. The van der Waals surface area contributed by atoms with Crippen molar-refractivity contribution in [2.45, 2.75) is 52.1 Å². The molecule has 6 heteroatoms. The normalized spacial score (nSPS) is 18.3. The highest BCUT2D eigenvalue weighted by molar-refractivity contribution is 7.10. The van der Waals surface area contributed by atoms with Crippen molar-refractivity contribution in [3.8, 4) is 5.75 Å². The number of carbonyl (C=O) groups excluding carboxylic acids is 2. The van der Waals surface area contributed by atoms with Crippen molar-refractivity contribution < 1.29 is 14.3 Å². The van der Waals surface area contributed by atoms with Crippen molar-refractivity contribution in [1.29, 1.82) is 0 Å². The maximum Gasteiger partial charge on any atom is 0.242 e. The zero-order chi connectivity index (χ0) is 20.5. The number of aryl methyl sites for hydroxylation is 2. The summed E-state index contributed by atoms with van der Waals surface area (Å²) >= 11 is 1.75. The molecule has 154 valence electrons. The molecule has 2 heterocycles. The smallest absolute Gasteiger partial charge is 0.242 e. The van der Waals surface area contributed by atoms with E-state index in [-0.39, 0.29) is 30.4 Å². The van der Waals surface area contributed by atoms with Gasteiger partial charge in [-0.05, 0) is 61.7 Å². The standard InChI is InChI=1S/C23H28N2O3S/c1-15-4-7-21(16(2)12-15)28-14-20-19-9-11-29-22(19)8-10-24(20)23(27)13-25(17(3)26)18-5-6-18/h4,7,9,11-12,18,20H,5-6,8,10,13-14H2,1-3H3/t20-/m0/s1. The van der Waals surface area contributed by atoms with Gasteiger partial charge < -0.3 is 14.5 Å². The lowest BCUT2D eigenvalue weighted by atomic mass is 10.00. The molecule has 1 aromatic heterocycles. The Kier molecular flexibility index (Phi) is 5.63. The molecular weight excluding hydrogens is 384 g/mol. The van der Waals surface area contributed by atoms with Crippen LogP contribution in [-0.2, 0) is 16.0 Å². The predicted octanol–water partition coefficient (Wildman–Crippen LogP) is 3.88. The van der Waals surface area contributed by atoms with Gasteiger partial charge in [0.15, 0.2) is 0 Å². The van der Waals surface area contributed by atoms with Gasteiger partial charge in [0.1, 0.15) is 18.9 Å². The van der Waals surface area contributed by atoms with Crippen molar-refractivity contribution in [1.82, 2.24) is 9.80 Å². The second-order valence-electron chi connectivity index (χ2n) is 8.11. The van der Waals surface area contributed by atoms with E-state index < -0.39 is 0 Å². The molecule has 1 aromatic carbocycles. The van der Waals surface area contributed by atoms with Crippen LogP contribution in [0.15, 0.2) is 29.6 Å². The van der Waals surface area contributed by atoms with Gasteiger partial charge in [-0.1, -0.05) is 17.7 Å². The molecule has 1 aliphatic carbocycles. The number of rotatable bonds is 6. The maximum atomic E-state index is 13.2. The van der Waals surface area contributed by atoms with E-state index in [2.05, 4.69) is 24.4 Å². The van der Waals surface area contributed by atoms with E-state index in [0.29, 0.717) is 13.2 Å². The third-order valence-electron chi connectivity index (χ3n) is 5.84. The fraction of sp³-hybridized carbons (Fsp3) is 0.478. The third-order valence-corrected chi connectivity index (χ3v) is 6.84. The van der Waals surface area contributed by atoms with E-state index in [0.717, 1.165) is 30.6 Å². The quantitative estimate of drug-likeness (QED) is 0.723. The highest BCUT2D eigenvalue weighted by Crippen LogP contribution is 2.35. The van der Waals surface area contributed by atoms with Crippen LogP contribution >= 0.6 is 11.3 Å². The first-order valence-electron chi connectivity index (χ1n) is 10.3. The minimum Gasteiger partial charge on any atom is -0.491 e. The molecule has 1 fully saturated rings. The molecule has 5 nitrogen and oxygen atoms in total. The van der Waals surface area contributed by atoms with Crippen molar-refractivity contribution in [2.24, 2.45) is 0 Å². The predicted molar refractivity (Wildman–Crippen MR) is 114 cm³/mol. The van der Waals surface area contributed by atoms with Gasteiger partial charge in [0.2, 0.25) is 11.8 Å². The van der Waals surface area contributed by atoms with E-state index in [4.69, 9.17) is 4.74 Å². The molecule has 29 heavy (non-hydrogen) atoms. The van der Waals surface area contributed by atoms with Gasteiger partial charge in [0.25, 0.3) is 0 Å². The Balaban J connectivity index is 1.52. The highest BCUT2D eigenvalue weighted by Gasteiger charge is 2.37. The van der Waals surface area contributed by atoms with Crippen LogP contribution < -0.4 is 4.74 Å². The minimum absolute atomic E-state index is 0.0122. The van der Waals surface area contributed by atoms with E-state index >= 15 is 0 Å². The molecule has 0 unspecified atom stereocenters. The van der Waals surface area contributed by atoms with Crippen molar-refractivity contribution in [3.63, 3.8) is 0 Å². The van der Waals surface area contributed by atoms with Gasteiger partial charge in [0, 0.05) is 24.4 Å². The van der Waals surface area contributed by atoms with Crippen LogP contribution in [0.4, 0.5) is 0 Å². The lowest BCUT2D eigenvalue weighted by Gasteiger charge is -2.37. The number of hydrogen-bond donors (Lipinski definition) is 0. The number of hydrogen-bond acceptors (Lipinski definition) is 4. The number of thiophene rings is 1. The van der Waals surface area contributed by atoms with E-state index in [1.807, 2.05) is 24.0 Å². The molecule has 0 N–H and O–H groups in total. The zero-order valence-electron chi connectivity index (χ0n) is 17.3. The molecule has 2 amide bonds. The third kappa shape index (κ3) is 4.32. The van der Waals surface area contributed by atoms with Gasteiger partial charge in [-0.25, -0.2) is 0 Å². The molecule has 1 saturated carbocycles. The fourth-order valence-corrected chi connectivity index (χ4v) is 5.05. The molecular formula is C23H28N2O3S. The van der Waals surface area contributed by atoms with Gasteiger partial charge in [0.05, 0.1) is 6.04 Å². The summed E-state index contributed by atoms with van der Waals surface area (Å²) in [5.41, 5.74) is 3.48. The Morgan fingerprint density at radius 3 is 2.72 bits per heavy atom. The Hall–Kier alpha value is -2.34. The largest absolute Gasteiger partial charge is 0.491 e. The van der Waals surface area contributed by atoms with Crippen molar-refractivity contribution in [2.75, 3.05) is 19.7 Å². The van der Waals surface area contributed by atoms with Crippen LogP contribution in [0.5, 0.6) is 5.75 Å². The Morgan fingerprint density at radius 1 is 1.24 bits per heavy atom. The number of carbonyl (C=O) groups is 2. The summed E-state index contributed by atoms with van der Waals surface area (Å²) in [5, 5.41) is 2.09. The lowest BCUT2D eigenvalue weighted by molar-refractivity contribution is -0.142. The summed E-state index contributed by atoms with van der Waals surface area (Å²) in [4.78, 5) is 30.2. The first-order valence-corrected chi connectivity index (χ1v) is 11.1. The van der Waals surface area contributed by atoms with E-state index in [9.17, 15) is 9.59 Å². The second-order valence-corrected chi connectivity index (χ2v) is 9.11. The maximum absolute atomic E-state index is 13.2. The van der Waals surface area contributed by atoms with E-state index in [1.165, 1.54) is 16.0 Å². The first-order chi connectivity index (χ1) is 13.9. The molecule has 0 spiro atoms. The van der Waals surface area contributed by atoms with Gasteiger partial charge in [-0.15, -0.1) is 11.3 Å². The van der Waals surface area contributed by atoms with Crippen LogP contribution in [0.25, 0.3) is 0 Å². The SMILES string of the molecule is CC(=O)N(CC(=O)N1CCc2sccc2[C@@H]1COc1ccc(C)cc1C)C1CC1. The van der Waals surface area contributed by atoms with Crippen LogP contribution in [-0.4, -0.2) is 47.4 Å². The van der Waals surface area contributed by atoms with E-state index in [1.54, 1.807) is 23.2 Å². The summed E-state index contributed by atoms with van der Waals surface area (Å²) in [6.45, 7) is 6.92. The molecule has 4 rings (SSSR count). The number of nitrogens with zero attached hydrogens (tertiary/aromatic N) is 2. The number of benzene rings is 1. The molecule has 1 aliphatic heterocycles. The molecule has 2 aliphatic rings. The zero-order valence-corrected chi connectivity index (χ0v) is 18.1.